The van der Waals surface area contributed by atoms with Gasteiger partial charge in [0.05, 0.1) is 18.1 Å². The zero-order valence-corrected chi connectivity index (χ0v) is 12.2. The van der Waals surface area contributed by atoms with Gasteiger partial charge >= 0.3 is 6.18 Å². The number of rotatable bonds is 5. The number of ether oxygens (including phenoxy) is 1. The average Bonchev–Trinajstić information content (AvgIpc) is 2.94. The number of alkyl halides is 3. The van der Waals surface area contributed by atoms with Crippen LogP contribution in [0.2, 0.25) is 0 Å². The van der Waals surface area contributed by atoms with E-state index < -0.39 is 29.7 Å². The molecule has 8 heteroatoms. The highest BCUT2D eigenvalue weighted by Gasteiger charge is 2.33. The van der Waals surface area contributed by atoms with Crippen molar-refractivity contribution in [3.05, 3.63) is 35.4 Å². The van der Waals surface area contributed by atoms with E-state index in [2.05, 4.69) is 5.32 Å². The SMILES string of the molecule is NC(=O)[C@H]1CC[C@@H](CNC(=O)Cc2ccccc2C(F)(F)F)O1. The molecule has 2 amide bonds. The van der Waals surface area contributed by atoms with E-state index in [0.29, 0.717) is 12.8 Å². The van der Waals surface area contributed by atoms with Crippen molar-refractivity contribution in [2.75, 3.05) is 6.54 Å². The Morgan fingerprint density at radius 3 is 2.57 bits per heavy atom. The van der Waals surface area contributed by atoms with Crippen LogP contribution in [0.5, 0.6) is 0 Å². The Kier molecular flexibility index (Phi) is 5.25. The molecule has 1 saturated heterocycles. The van der Waals surface area contributed by atoms with Gasteiger partial charge in [-0.05, 0) is 24.5 Å². The van der Waals surface area contributed by atoms with Crippen molar-refractivity contribution in [3.63, 3.8) is 0 Å². The van der Waals surface area contributed by atoms with Crippen molar-refractivity contribution in [1.82, 2.24) is 5.32 Å². The van der Waals surface area contributed by atoms with Crippen LogP contribution >= 0.6 is 0 Å². The van der Waals surface area contributed by atoms with Crippen molar-refractivity contribution in [1.29, 1.82) is 0 Å². The van der Waals surface area contributed by atoms with Gasteiger partial charge in [-0.15, -0.1) is 0 Å². The van der Waals surface area contributed by atoms with Crippen LogP contribution in [0.4, 0.5) is 13.2 Å². The van der Waals surface area contributed by atoms with Crippen LogP contribution in [0.15, 0.2) is 24.3 Å². The molecule has 126 valence electrons. The van der Waals surface area contributed by atoms with Crippen molar-refractivity contribution < 1.29 is 27.5 Å². The van der Waals surface area contributed by atoms with Gasteiger partial charge in [-0.1, -0.05) is 18.2 Å². The molecular weight excluding hydrogens is 313 g/mol. The van der Waals surface area contributed by atoms with E-state index in [1.54, 1.807) is 0 Å². The van der Waals surface area contributed by atoms with Crippen molar-refractivity contribution in [2.45, 2.75) is 37.6 Å². The second-order valence-corrected chi connectivity index (χ2v) is 5.36. The van der Waals surface area contributed by atoms with E-state index in [0.717, 1.165) is 6.07 Å². The third kappa shape index (κ3) is 4.69. The molecule has 2 atom stereocenters. The lowest BCUT2D eigenvalue weighted by molar-refractivity contribution is -0.138. The minimum atomic E-state index is -4.50. The van der Waals surface area contributed by atoms with E-state index >= 15 is 0 Å². The maximum Gasteiger partial charge on any atom is 0.416 e. The molecule has 0 aromatic heterocycles. The number of halogens is 3. The summed E-state index contributed by atoms with van der Waals surface area (Å²) >= 11 is 0. The topological polar surface area (TPSA) is 81.4 Å². The van der Waals surface area contributed by atoms with E-state index in [9.17, 15) is 22.8 Å². The number of nitrogens with one attached hydrogen (secondary N) is 1. The summed E-state index contributed by atoms with van der Waals surface area (Å²) in [7, 11) is 0. The summed E-state index contributed by atoms with van der Waals surface area (Å²) < 4.78 is 43.9. The molecular formula is C15H17F3N2O3. The fourth-order valence-electron chi connectivity index (χ4n) is 2.48. The molecule has 1 aromatic carbocycles. The Hall–Kier alpha value is -2.09. The molecule has 0 unspecified atom stereocenters. The third-order valence-corrected chi connectivity index (χ3v) is 3.63. The van der Waals surface area contributed by atoms with Crippen LogP contribution in [0.1, 0.15) is 24.0 Å². The van der Waals surface area contributed by atoms with Gasteiger partial charge in [-0.3, -0.25) is 9.59 Å². The second-order valence-electron chi connectivity index (χ2n) is 5.36. The summed E-state index contributed by atoms with van der Waals surface area (Å²) in [6, 6.07) is 4.95. The number of nitrogens with two attached hydrogens (primary N) is 1. The standard InChI is InChI=1S/C15H17F3N2O3/c16-15(17,18)11-4-2-1-3-9(11)7-13(21)20-8-10-5-6-12(23-10)14(19)22/h1-4,10,12H,5-8H2,(H2,19,22)(H,20,21)/t10-,12+/m0/s1. The fourth-order valence-corrected chi connectivity index (χ4v) is 2.48. The lowest BCUT2D eigenvalue weighted by atomic mass is 10.0. The van der Waals surface area contributed by atoms with Gasteiger partial charge in [0.2, 0.25) is 11.8 Å². The number of primary amides is 1. The van der Waals surface area contributed by atoms with Crippen LogP contribution in [0, 0.1) is 0 Å². The van der Waals surface area contributed by atoms with Crippen LogP contribution in [0.25, 0.3) is 0 Å². The maximum atomic E-state index is 12.9. The lowest BCUT2D eigenvalue weighted by Crippen LogP contribution is -2.35. The molecule has 0 aliphatic carbocycles. The molecule has 5 nitrogen and oxygen atoms in total. The molecule has 0 saturated carbocycles. The minimum absolute atomic E-state index is 0.0835. The van der Waals surface area contributed by atoms with Gasteiger partial charge in [0, 0.05) is 6.54 Å². The number of hydrogen-bond acceptors (Lipinski definition) is 3. The van der Waals surface area contributed by atoms with E-state index in [4.69, 9.17) is 10.5 Å². The van der Waals surface area contributed by atoms with Gasteiger partial charge in [-0.2, -0.15) is 13.2 Å². The molecule has 0 radical (unpaired) electrons. The van der Waals surface area contributed by atoms with Crippen molar-refractivity contribution in [2.24, 2.45) is 5.73 Å². The van der Waals surface area contributed by atoms with Crippen molar-refractivity contribution >= 4 is 11.8 Å². The Balaban J connectivity index is 1.88. The average molecular weight is 330 g/mol. The minimum Gasteiger partial charge on any atom is -0.367 e. The van der Waals surface area contributed by atoms with Gasteiger partial charge in [0.15, 0.2) is 0 Å². The highest BCUT2D eigenvalue weighted by atomic mass is 19.4. The van der Waals surface area contributed by atoms with E-state index in [-0.39, 0.29) is 24.6 Å². The first kappa shape index (κ1) is 17.3. The maximum absolute atomic E-state index is 12.9. The zero-order chi connectivity index (χ0) is 17.0. The molecule has 1 fully saturated rings. The summed E-state index contributed by atoms with van der Waals surface area (Å²) in [5, 5.41) is 2.53. The smallest absolute Gasteiger partial charge is 0.367 e. The van der Waals surface area contributed by atoms with E-state index in [1.165, 1.54) is 18.2 Å². The summed E-state index contributed by atoms with van der Waals surface area (Å²) in [4.78, 5) is 22.8. The summed E-state index contributed by atoms with van der Waals surface area (Å²) in [6.07, 6.45) is -4.85. The van der Waals surface area contributed by atoms with E-state index in [1.807, 2.05) is 0 Å². The molecule has 1 aromatic rings. The van der Waals surface area contributed by atoms with Crippen LogP contribution in [-0.4, -0.2) is 30.6 Å². The zero-order valence-electron chi connectivity index (χ0n) is 12.2. The Morgan fingerprint density at radius 2 is 1.96 bits per heavy atom. The molecule has 3 N–H and O–H groups in total. The summed E-state index contributed by atoms with van der Waals surface area (Å²) in [5.41, 5.74) is 4.22. The molecule has 1 aliphatic rings. The highest BCUT2D eigenvalue weighted by Crippen LogP contribution is 2.32. The normalized spacial score (nSPS) is 21.2. The van der Waals surface area contributed by atoms with Crippen molar-refractivity contribution in [3.8, 4) is 0 Å². The quantitative estimate of drug-likeness (QED) is 0.856. The fraction of sp³-hybridized carbons (Fsp3) is 0.467. The number of hydrogen-bond donors (Lipinski definition) is 2. The lowest BCUT2D eigenvalue weighted by Gasteiger charge is -2.14. The first-order valence-corrected chi connectivity index (χ1v) is 7.14. The Bertz CT molecular complexity index is 590. The molecule has 0 spiro atoms. The van der Waals surface area contributed by atoms with Gasteiger partial charge in [0.1, 0.15) is 6.10 Å². The highest BCUT2D eigenvalue weighted by molar-refractivity contribution is 5.79. The van der Waals surface area contributed by atoms with Gasteiger partial charge < -0.3 is 15.8 Å². The molecule has 2 rings (SSSR count). The predicted molar refractivity (Wildman–Crippen MR) is 75.2 cm³/mol. The molecule has 0 bridgehead atoms. The Morgan fingerprint density at radius 1 is 1.26 bits per heavy atom. The molecule has 1 heterocycles. The summed E-state index contributed by atoms with van der Waals surface area (Å²) in [6.45, 7) is 0.136. The number of carbonyl (C=O) groups excluding carboxylic acids is 2. The monoisotopic (exact) mass is 330 g/mol. The summed E-state index contributed by atoms with van der Waals surface area (Å²) in [5.74, 6) is -1.09. The predicted octanol–water partition coefficient (Wildman–Crippen LogP) is 1.40. The number of amides is 2. The molecule has 23 heavy (non-hydrogen) atoms. The first-order chi connectivity index (χ1) is 10.8. The van der Waals surface area contributed by atoms with Gasteiger partial charge in [-0.25, -0.2) is 0 Å². The van der Waals surface area contributed by atoms with Crippen LogP contribution in [-0.2, 0) is 26.9 Å². The third-order valence-electron chi connectivity index (χ3n) is 3.63. The number of carbonyl (C=O) groups is 2. The van der Waals surface area contributed by atoms with Crippen LogP contribution in [0.3, 0.4) is 0 Å². The van der Waals surface area contributed by atoms with Gasteiger partial charge in [0.25, 0.3) is 0 Å². The number of benzene rings is 1. The second kappa shape index (κ2) is 6.99. The largest absolute Gasteiger partial charge is 0.416 e. The Labute approximate surface area is 131 Å². The van der Waals surface area contributed by atoms with Crippen LogP contribution < -0.4 is 11.1 Å². The molecule has 1 aliphatic heterocycles. The first-order valence-electron chi connectivity index (χ1n) is 7.14.